The number of carbonyl (C=O) groups is 1. The number of ether oxygens (including phenoxy) is 1. The molecule has 16 heavy (non-hydrogen) atoms. The first-order valence-electron chi connectivity index (χ1n) is 4.42. The van der Waals surface area contributed by atoms with Gasteiger partial charge in [-0.2, -0.15) is 0 Å². The minimum atomic E-state index is -0.625. The first-order valence-corrected chi connectivity index (χ1v) is 4.42. The molecule has 2 aromatic rings. The number of phenolic OH excluding ortho intramolecular Hbond substituents is 1. The number of benzene rings is 1. The first-order chi connectivity index (χ1) is 7.63. The van der Waals surface area contributed by atoms with Gasteiger partial charge in [0, 0.05) is 0 Å². The van der Waals surface area contributed by atoms with E-state index in [9.17, 15) is 14.7 Å². The van der Waals surface area contributed by atoms with Crippen molar-refractivity contribution < 1.29 is 14.6 Å². The molecule has 1 aromatic carbocycles. The van der Waals surface area contributed by atoms with E-state index in [4.69, 9.17) is 0 Å². The lowest BCUT2D eigenvalue weighted by molar-refractivity contribution is 0.0600. The van der Waals surface area contributed by atoms with E-state index < -0.39 is 11.5 Å². The van der Waals surface area contributed by atoms with Gasteiger partial charge in [0.25, 0.3) is 5.56 Å². The third-order valence-corrected chi connectivity index (χ3v) is 2.14. The molecule has 0 spiro atoms. The number of fused-ring (bicyclic) bond motifs is 1. The smallest absolute Gasteiger partial charge is 0.338 e. The standard InChI is InChI=1S/C10H8N2O4/c1-16-10(15)5-2-6-8(7(13)3-5)11-4-12-9(6)14/h2-4,13H,1H3,(H,11,12,14). The molecule has 0 radical (unpaired) electrons. The number of methoxy groups -OCH3 is 1. The Hall–Kier alpha value is -2.37. The average molecular weight is 220 g/mol. The van der Waals surface area contributed by atoms with Gasteiger partial charge >= 0.3 is 5.97 Å². The van der Waals surface area contributed by atoms with Gasteiger partial charge in [0.2, 0.25) is 0 Å². The van der Waals surface area contributed by atoms with Crippen molar-refractivity contribution in [2.24, 2.45) is 0 Å². The summed E-state index contributed by atoms with van der Waals surface area (Å²) in [6.07, 6.45) is 1.18. The SMILES string of the molecule is COC(=O)c1cc(O)c2nc[nH]c(=O)c2c1. The molecule has 82 valence electrons. The van der Waals surface area contributed by atoms with E-state index in [1.165, 1.54) is 25.6 Å². The Morgan fingerprint density at radius 3 is 2.94 bits per heavy atom. The monoisotopic (exact) mass is 220 g/mol. The number of hydrogen-bond acceptors (Lipinski definition) is 5. The number of aromatic amines is 1. The van der Waals surface area contributed by atoms with Crippen LogP contribution in [0.1, 0.15) is 10.4 Å². The summed E-state index contributed by atoms with van der Waals surface area (Å²) in [5.74, 6) is -0.857. The van der Waals surface area contributed by atoms with Crippen LogP contribution in [0.2, 0.25) is 0 Å². The molecular weight excluding hydrogens is 212 g/mol. The van der Waals surface area contributed by atoms with E-state index in [1.807, 2.05) is 0 Å². The lowest BCUT2D eigenvalue weighted by Crippen LogP contribution is -2.08. The molecule has 0 unspecified atom stereocenters. The van der Waals surface area contributed by atoms with Crippen molar-refractivity contribution in [2.45, 2.75) is 0 Å². The number of rotatable bonds is 1. The van der Waals surface area contributed by atoms with E-state index in [1.54, 1.807) is 0 Å². The highest BCUT2D eigenvalue weighted by molar-refractivity contribution is 5.96. The van der Waals surface area contributed by atoms with Crippen LogP contribution < -0.4 is 5.56 Å². The maximum absolute atomic E-state index is 11.4. The molecule has 0 aliphatic carbocycles. The molecule has 0 saturated carbocycles. The minimum Gasteiger partial charge on any atom is -0.506 e. The van der Waals surface area contributed by atoms with Gasteiger partial charge in [-0.3, -0.25) is 4.79 Å². The molecule has 6 nitrogen and oxygen atoms in total. The highest BCUT2D eigenvalue weighted by atomic mass is 16.5. The van der Waals surface area contributed by atoms with Crippen LogP contribution in [0.25, 0.3) is 10.9 Å². The van der Waals surface area contributed by atoms with Crippen molar-refractivity contribution >= 4 is 16.9 Å². The van der Waals surface area contributed by atoms with Crippen molar-refractivity contribution in [3.05, 3.63) is 34.4 Å². The third kappa shape index (κ3) is 1.50. The van der Waals surface area contributed by atoms with Gasteiger partial charge in [-0.1, -0.05) is 0 Å². The van der Waals surface area contributed by atoms with Gasteiger partial charge in [-0.15, -0.1) is 0 Å². The van der Waals surface area contributed by atoms with Crippen molar-refractivity contribution in [1.82, 2.24) is 9.97 Å². The summed E-state index contributed by atoms with van der Waals surface area (Å²) < 4.78 is 4.50. The van der Waals surface area contributed by atoms with E-state index in [2.05, 4.69) is 14.7 Å². The summed E-state index contributed by atoms with van der Waals surface area (Å²) in [6.45, 7) is 0. The van der Waals surface area contributed by atoms with Crippen molar-refractivity contribution in [3.63, 3.8) is 0 Å². The number of H-pyrrole nitrogens is 1. The van der Waals surface area contributed by atoms with Crippen LogP contribution in [0, 0.1) is 0 Å². The molecular formula is C10H8N2O4. The largest absolute Gasteiger partial charge is 0.506 e. The van der Waals surface area contributed by atoms with E-state index in [0.29, 0.717) is 0 Å². The molecule has 6 heteroatoms. The second kappa shape index (κ2) is 3.65. The summed E-state index contributed by atoms with van der Waals surface area (Å²) in [6, 6.07) is 2.54. The normalized spacial score (nSPS) is 10.3. The summed E-state index contributed by atoms with van der Waals surface area (Å²) >= 11 is 0. The number of carbonyl (C=O) groups excluding carboxylic acids is 1. The average Bonchev–Trinajstić information content (AvgIpc) is 2.29. The number of nitrogens with zero attached hydrogens (tertiary/aromatic N) is 1. The predicted molar refractivity (Wildman–Crippen MR) is 55.4 cm³/mol. The lowest BCUT2D eigenvalue weighted by Gasteiger charge is -2.02. The molecule has 0 bridgehead atoms. The molecule has 0 saturated heterocycles. The van der Waals surface area contributed by atoms with Crippen LogP contribution >= 0.6 is 0 Å². The maximum atomic E-state index is 11.4. The molecule has 2 N–H and O–H groups in total. The topological polar surface area (TPSA) is 92.3 Å². The van der Waals surface area contributed by atoms with Gasteiger partial charge in [0.15, 0.2) is 0 Å². The molecule has 1 aromatic heterocycles. The number of phenols is 1. The molecule has 1 heterocycles. The zero-order valence-electron chi connectivity index (χ0n) is 8.35. The molecule has 2 rings (SSSR count). The summed E-state index contributed by atoms with van der Waals surface area (Å²) in [5, 5.41) is 9.74. The Morgan fingerprint density at radius 1 is 1.50 bits per heavy atom. The summed E-state index contributed by atoms with van der Waals surface area (Å²) in [7, 11) is 1.22. The second-order valence-electron chi connectivity index (χ2n) is 3.11. The number of hydrogen-bond donors (Lipinski definition) is 2. The van der Waals surface area contributed by atoms with Crippen LogP contribution in [-0.2, 0) is 4.74 Å². The fraction of sp³-hybridized carbons (Fsp3) is 0.100. The number of esters is 1. The Kier molecular flexibility index (Phi) is 2.32. The summed E-state index contributed by atoms with van der Waals surface area (Å²) in [4.78, 5) is 28.9. The first kappa shape index (κ1) is 10.2. The van der Waals surface area contributed by atoms with Crippen LogP contribution in [-0.4, -0.2) is 28.2 Å². The fourth-order valence-electron chi connectivity index (χ4n) is 1.40. The summed E-state index contributed by atoms with van der Waals surface area (Å²) in [5.41, 5.74) is -0.173. The Morgan fingerprint density at radius 2 is 2.25 bits per heavy atom. The van der Waals surface area contributed by atoms with Crippen LogP contribution in [0.3, 0.4) is 0 Å². The zero-order chi connectivity index (χ0) is 11.7. The fourth-order valence-corrected chi connectivity index (χ4v) is 1.40. The van der Waals surface area contributed by atoms with Gasteiger partial charge in [-0.05, 0) is 12.1 Å². The van der Waals surface area contributed by atoms with Crippen molar-refractivity contribution in [3.8, 4) is 5.75 Å². The Balaban J connectivity index is 2.80. The third-order valence-electron chi connectivity index (χ3n) is 2.14. The highest BCUT2D eigenvalue weighted by Gasteiger charge is 2.12. The quantitative estimate of drug-likeness (QED) is 0.679. The van der Waals surface area contributed by atoms with E-state index in [-0.39, 0.29) is 22.2 Å². The van der Waals surface area contributed by atoms with Gasteiger partial charge in [0.05, 0.1) is 24.4 Å². The van der Waals surface area contributed by atoms with Gasteiger partial charge < -0.3 is 14.8 Å². The lowest BCUT2D eigenvalue weighted by atomic mass is 10.1. The molecule has 0 aliphatic rings. The van der Waals surface area contributed by atoms with Crippen LogP contribution in [0.4, 0.5) is 0 Å². The second-order valence-corrected chi connectivity index (χ2v) is 3.11. The Labute approximate surface area is 89.5 Å². The van der Waals surface area contributed by atoms with E-state index >= 15 is 0 Å². The predicted octanol–water partition coefficient (Wildman–Crippen LogP) is 0.415. The van der Waals surface area contributed by atoms with Gasteiger partial charge in [0.1, 0.15) is 11.3 Å². The number of aromatic hydroxyl groups is 1. The minimum absolute atomic E-state index is 0.103. The van der Waals surface area contributed by atoms with Crippen molar-refractivity contribution in [2.75, 3.05) is 7.11 Å². The number of aromatic nitrogens is 2. The molecule has 0 fully saturated rings. The van der Waals surface area contributed by atoms with Crippen LogP contribution in [0.15, 0.2) is 23.3 Å². The number of nitrogens with one attached hydrogen (secondary N) is 1. The molecule has 0 amide bonds. The molecule has 0 atom stereocenters. The zero-order valence-corrected chi connectivity index (χ0v) is 8.35. The van der Waals surface area contributed by atoms with Gasteiger partial charge in [-0.25, -0.2) is 9.78 Å². The van der Waals surface area contributed by atoms with Crippen LogP contribution in [0.5, 0.6) is 5.75 Å². The Bertz CT molecular complexity index is 618. The maximum Gasteiger partial charge on any atom is 0.338 e. The molecule has 0 aliphatic heterocycles. The van der Waals surface area contributed by atoms with Crippen molar-refractivity contribution in [1.29, 1.82) is 0 Å². The van der Waals surface area contributed by atoms with E-state index in [0.717, 1.165) is 0 Å². The highest BCUT2D eigenvalue weighted by Crippen LogP contribution is 2.22.